The van der Waals surface area contributed by atoms with E-state index < -0.39 is 38.2 Å². The maximum atomic E-state index is 13.2. The lowest BCUT2D eigenvalue weighted by Gasteiger charge is -2.12. The second kappa shape index (κ2) is 6.64. The summed E-state index contributed by atoms with van der Waals surface area (Å²) in [5.74, 6) is -2.60. The van der Waals surface area contributed by atoms with Crippen LogP contribution in [-0.2, 0) is 19.4 Å². The first-order valence-electron chi connectivity index (χ1n) is 7.72. The standard InChI is InChI=1S/C18H16ClFO5S/c1-25-10-18(17(21)22)15(11-2-6-13(20)7-3-11)16(18)26(23,24)14-8-4-12(19)5-9-14/h2-9,15-16H,10H2,1H3,(H,21,22). The van der Waals surface area contributed by atoms with Crippen molar-refractivity contribution in [3.8, 4) is 0 Å². The van der Waals surface area contributed by atoms with E-state index in [2.05, 4.69) is 0 Å². The molecule has 0 aliphatic heterocycles. The molecule has 0 saturated heterocycles. The molecule has 5 nitrogen and oxygen atoms in total. The molecule has 0 aromatic heterocycles. The molecule has 3 atom stereocenters. The van der Waals surface area contributed by atoms with Gasteiger partial charge >= 0.3 is 5.97 Å². The van der Waals surface area contributed by atoms with E-state index in [-0.39, 0.29) is 11.5 Å². The van der Waals surface area contributed by atoms with Crippen molar-refractivity contribution >= 4 is 27.4 Å². The highest BCUT2D eigenvalue weighted by atomic mass is 35.5. The average molecular weight is 399 g/mol. The zero-order valence-corrected chi connectivity index (χ0v) is 15.3. The van der Waals surface area contributed by atoms with Gasteiger partial charge in [0.25, 0.3) is 0 Å². The summed E-state index contributed by atoms with van der Waals surface area (Å²) < 4.78 is 44.5. The normalized spacial score (nSPS) is 25.0. The molecule has 0 radical (unpaired) electrons. The van der Waals surface area contributed by atoms with Gasteiger partial charge in [0.15, 0.2) is 9.84 Å². The van der Waals surface area contributed by atoms with E-state index in [1.165, 1.54) is 55.6 Å². The Morgan fingerprint density at radius 3 is 2.27 bits per heavy atom. The van der Waals surface area contributed by atoms with E-state index >= 15 is 0 Å². The van der Waals surface area contributed by atoms with Crippen LogP contribution >= 0.6 is 11.6 Å². The van der Waals surface area contributed by atoms with Gasteiger partial charge in [-0.15, -0.1) is 0 Å². The fraction of sp³-hybridized carbons (Fsp3) is 0.278. The highest BCUT2D eigenvalue weighted by Crippen LogP contribution is 2.64. The van der Waals surface area contributed by atoms with Gasteiger partial charge in [0.05, 0.1) is 16.8 Å². The Balaban J connectivity index is 2.11. The molecule has 3 unspecified atom stereocenters. The molecule has 1 saturated carbocycles. The van der Waals surface area contributed by atoms with E-state index in [1.807, 2.05) is 0 Å². The topological polar surface area (TPSA) is 80.7 Å². The van der Waals surface area contributed by atoms with E-state index in [4.69, 9.17) is 16.3 Å². The molecule has 8 heteroatoms. The number of carboxylic acids is 1. The number of sulfone groups is 1. The minimum Gasteiger partial charge on any atom is -0.481 e. The van der Waals surface area contributed by atoms with E-state index in [9.17, 15) is 22.7 Å². The van der Waals surface area contributed by atoms with Crippen molar-refractivity contribution in [2.24, 2.45) is 5.41 Å². The fourth-order valence-corrected chi connectivity index (χ4v) is 5.98. The summed E-state index contributed by atoms with van der Waals surface area (Å²) in [7, 11) is -2.66. The van der Waals surface area contributed by atoms with Gasteiger partial charge in [0.2, 0.25) is 0 Å². The lowest BCUT2D eigenvalue weighted by molar-refractivity contribution is -0.145. The molecular weight excluding hydrogens is 383 g/mol. The summed E-state index contributed by atoms with van der Waals surface area (Å²) in [5.41, 5.74) is -1.20. The summed E-state index contributed by atoms with van der Waals surface area (Å²) in [6.45, 7) is -0.276. The van der Waals surface area contributed by atoms with E-state index in [0.29, 0.717) is 10.6 Å². The molecule has 2 aromatic rings. The number of carbonyl (C=O) groups is 1. The van der Waals surface area contributed by atoms with E-state index in [1.54, 1.807) is 0 Å². The minimum absolute atomic E-state index is 0.0155. The SMILES string of the molecule is COCC1(C(=O)O)C(c2ccc(F)cc2)C1S(=O)(=O)c1ccc(Cl)cc1. The van der Waals surface area contributed by atoms with Gasteiger partial charge in [-0.3, -0.25) is 4.79 Å². The third-order valence-electron chi connectivity index (χ3n) is 4.74. The highest BCUT2D eigenvalue weighted by molar-refractivity contribution is 7.92. The Hall–Kier alpha value is -1.96. The number of benzene rings is 2. The summed E-state index contributed by atoms with van der Waals surface area (Å²) in [5, 5.41) is 8.95. The van der Waals surface area contributed by atoms with Gasteiger partial charge in [0.1, 0.15) is 11.2 Å². The van der Waals surface area contributed by atoms with Gasteiger partial charge in [-0.2, -0.15) is 0 Å². The maximum absolute atomic E-state index is 13.2. The highest BCUT2D eigenvalue weighted by Gasteiger charge is 2.76. The number of halogens is 2. The van der Waals surface area contributed by atoms with Gasteiger partial charge in [-0.05, 0) is 42.0 Å². The minimum atomic E-state index is -3.98. The van der Waals surface area contributed by atoms with Crippen LogP contribution < -0.4 is 0 Å². The van der Waals surface area contributed by atoms with Crippen LogP contribution in [0.25, 0.3) is 0 Å². The van der Waals surface area contributed by atoms with Gasteiger partial charge in [-0.25, -0.2) is 12.8 Å². The van der Waals surface area contributed by atoms with Crippen LogP contribution in [0, 0.1) is 11.2 Å². The van der Waals surface area contributed by atoms with Crippen LogP contribution in [0.1, 0.15) is 11.5 Å². The van der Waals surface area contributed by atoms with Crippen molar-refractivity contribution in [2.45, 2.75) is 16.1 Å². The first-order chi connectivity index (χ1) is 12.2. The first kappa shape index (κ1) is 18.8. The number of hydrogen-bond acceptors (Lipinski definition) is 4. The van der Waals surface area contributed by atoms with Crippen LogP contribution in [0.3, 0.4) is 0 Å². The van der Waals surface area contributed by atoms with Crippen LogP contribution in [0.5, 0.6) is 0 Å². The monoisotopic (exact) mass is 398 g/mol. The number of ether oxygens (including phenoxy) is 1. The molecule has 3 rings (SSSR count). The summed E-state index contributed by atoms with van der Waals surface area (Å²) in [4.78, 5) is 12.0. The van der Waals surface area contributed by atoms with Crippen LogP contribution in [-0.4, -0.2) is 38.5 Å². The Kier molecular flexibility index (Phi) is 4.81. The number of rotatable bonds is 6. The second-order valence-electron chi connectivity index (χ2n) is 6.23. The predicted octanol–water partition coefficient (Wildman–Crippen LogP) is 3.14. The lowest BCUT2D eigenvalue weighted by Crippen LogP contribution is -2.28. The van der Waals surface area contributed by atoms with Crippen molar-refractivity contribution in [1.29, 1.82) is 0 Å². The third kappa shape index (κ3) is 2.90. The second-order valence-corrected chi connectivity index (χ2v) is 8.73. The molecule has 0 amide bonds. The van der Waals surface area contributed by atoms with Gasteiger partial charge < -0.3 is 9.84 Å². The molecule has 1 aliphatic carbocycles. The molecular formula is C18H16ClFO5S. The van der Waals surface area contributed by atoms with Crippen molar-refractivity contribution < 1.29 is 27.4 Å². The molecule has 138 valence electrons. The zero-order valence-electron chi connectivity index (χ0n) is 13.7. The number of aliphatic carboxylic acids is 1. The molecule has 26 heavy (non-hydrogen) atoms. The molecule has 1 N–H and O–H groups in total. The van der Waals surface area contributed by atoms with Crippen molar-refractivity contribution in [3.63, 3.8) is 0 Å². The Morgan fingerprint density at radius 1 is 1.19 bits per heavy atom. The summed E-state index contributed by atoms with van der Waals surface area (Å²) in [6.07, 6.45) is 0. The summed E-state index contributed by atoms with van der Waals surface area (Å²) in [6, 6.07) is 10.7. The average Bonchev–Trinajstić information content (AvgIpc) is 3.27. The first-order valence-corrected chi connectivity index (χ1v) is 9.65. The smallest absolute Gasteiger partial charge is 0.314 e. The predicted molar refractivity (Wildman–Crippen MR) is 93.5 cm³/mol. The van der Waals surface area contributed by atoms with Crippen molar-refractivity contribution in [3.05, 3.63) is 64.9 Å². The van der Waals surface area contributed by atoms with Crippen molar-refractivity contribution in [1.82, 2.24) is 0 Å². The number of hydrogen-bond donors (Lipinski definition) is 1. The molecule has 1 fully saturated rings. The molecule has 0 heterocycles. The Labute approximate surface area is 155 Å². The molecule has 0 spiro atoms. The van der Waals surface area contributed by atoms with Crippen LogP contribution in [0.4, 0.5) is 4.39 Å². The van der Waals surface area contributed by atoms with Gasteiger partial charge in [-0.1, -0.05) is 23.7 Å². The Bertz CT molecular complexity index is 927. The Morgan fingerprint density at radius 2 is 1.77 bits per heavy atom. The molecule has 1 aliphatic rings. The molecule has 2 aromatic carbocycles. The maximum Gasteiger partial charge on any atom is 0.314 e. The fourth-order valence-electron chi connectivity index (χ4n) is 3.50. The number of methoxy groups -OCH3 is 1. The van der Waals surface area contributed by atoms with Crippen LogP contribution in [0.15, 0.2) is 53.4 Å². The molecule has 0 bridgehead atoms. The van der Waals surface area contributed by atoms with Crippen LogP contribution in [0.2, 0.25) is 5.02 Å². The van der Waals surface area contributed by atoms with E-state index in [0.717, 1.165) is 0 Å². The zero-order chi connectivity index (χ0) is 19.1. The largest absolute Gasteiger partial charge is 0.481 e. The third-order valence-corrected chi connectivity index (χ3v) is 7.29. The quantitative estimate of drug-likeness (QED) is 0.808. The van der Waals surface area contributed by atoms with Gasteiger partial charge in [0, 0.05) is 18.1 Å². The lowest BCUT2D eigenvalue weighted by atomic mass is 10.00. The number of carboxylic acid groups (broad SMARTS) is 1. The summed E-state index contributed by atoms with van der Waals surface area (Å²) >= 11 is 5.81. The van der Waals surface area contributed by atoms with Crippen molar-refractivity contribution in [2.75, 3.05) is 13.7 Å².